The summed E-state index contributed by atoms with van der Waals surface area (Å²) < 4.78 is 2.00. The number of fused-ring (bicyclic) bond motifs is 1. The van der Waals surface area contributed by atoms with Crippen LogP contribution in [0.4, 0.5) is 0 Å². The summed E-state index contributed by atoms with van der Waals surface area (Å²) >= 11 is 1.32. The molecule has 182 valence electrons. The summed E-state index contributed by atoms with van der Waals surface area (Å²) in [6.07, 6.45) is 1.94. The highest BCUT2D eigenvalue weighted by molar-refractivity contribution is 7.99. The zero-order valence-electron chi connectivity index (χ0n) is 20.4. The van der Waals surface area contributed by atoms with Crippen molar-refractivity contribution in [1.29, 1.82) is 0 Å². The fourth-order valence-electron chi connectivity index (χ4n) is 3.96. The van der Waals surface area contributed by atoms with Gasteiger partial charge >= 0.3 is 0 Å². The van der Waals surface area contributed by atoms with Gasteiger partial charge in [-0.05, 0) is 45.4 Å². The summed E-state index contributed by atoms with van der Waals surface area (Å²) in [7, 11) is 0. The fraction of sp³-hybridized carbons (Fsp3) is 0.308. The maximum atomic E-state index is 13.0. The van der Waals surface area contributed by atoms with E-state index in [-0.39, 0.29) is 30.2 Å². The van der Waals surface area contributed by atoms with Crippen molar-refractivity contribution in [3.05, 3.63) is 60.3 Å². The normalized spacial score (nSPS) is 11.2. The van der Waals surface area contributed by atoms with Crippen LogP contribution in [0.25, 0.3) is 28.0 Å². The standard InChI is InChI=1S/C26H30N6O2S/c1-5-31(15-23(33)28-17(2)3)24(34)16-35-26-30-29-25(32(26)22-13-9-6-10-18(22)4)20-14-27-21-12-8-7-11-19(20)21/h6-14,17,27H,5,15-16H2,1-4H3,(H,28,33). The Hall–Kier alpha value is -3.59. The lowest BCUT2D eigenvalue weighted by Gasteiger charge is -2.21. The number of nitrogens with zero attached hydrogens (tertiary/aromatic N) is 4. The van der Waals surface area contributed by atoms with Gasteiger partial charge in [0.2, 0.25) is 11.8 Å². The Balaban J connectivity index is 1.64. The maximum Gasteiger partial charge on any atom is 0.239 e. The van der Waals surface area contributed by atoms with Crippen LogP contribution < -0.4 is 5.32 Å². The molecule has 0 aliphatic rings. The average molecular weight is 491 g/mol. The van der Waals surface area contributed by atoms with Crippen molar-refractivity contribution in [2.45, 2.75) is 38.9 Å². The predicted molar refractivity (Wildman–Crippen MR) is 140 cm³/mol. The lowest BCUT2D eigenvalue weighted by molar-refractivity contribution is -0.134. The molecule has 0 saturated heterocycles. The lowest BCUT2D eigenvalue weighted by atomic mass is 10.1. The Morgan fingerprint density at radius 1 is 1.11 bits per heavy atom. The zero-order chi connectivity index (χ0) is 24.9. The molecule has 2 heterocycles. The van der Waals surface area contributed by atoms with Gasteiger partial charge in [-0.3, -0.25) is 14.2 Å². The van der Waals surface area contributed by atoms with Crippen molar-refractivity contribution in [2.24, 2.45) is 0 Å². The number of hydrogen-bond acceptors (Lipinski definition) is 5. The first-order valence-electron chi connectivity index (χ1n) is 11.7. The van der Waals surface area contributed by atoms with Gasteiger partial charge in [0.15, 0.2) is 11.0 Å². The number of hydrogen-bond donors (Lipinski definition) is 2. The lowest BCUT2D eigenvalue weighted by Crippen LogP contribution is -2.43. The van der Waals surface area contributed by atoms with Crippen LogP contribution >= 0.6 is 11.8 Å². The van der Waals surface area contributed by atoms with Crippen LogP contribution in [0.15, 0.2) is 59.9 Å². The third-order valence-electron chi connectivity index (χ3n) is 5.66. The monoisotopic (exact) mass is 490 g/mol. The number of para-hydroxylation sites is 2. The van der Waals surface area contributed by atoms with E-state index in [2.05, 4.69) is 26.6 Å². The number of nitrogens with one attached hydrogen (secondary N) is 2. The summed E-state index contributed by atoms with van der Waals surface area (Å²) in [6, 6.07) is 16.1. The third-order valence-corrected chi connectivity index (χ3v) is 6.58. The van der Waals surface area contributed by atoms with Gasteiger partial charge < -0.3 is 15.2 Å². The number of rotatable bonds is 9. The summed E-state index contributed by atoms with van der Waals surface area (Å²) in [4.78, 5) is 30.0. The molecule has 0 unspecified atom stereocenters. The highest BCUT2D eigenvalue weighted by atomic mass is 32.2. The SMILES string of the molecule is CCN(CC(=O)NC(C)C)C(=O)CSc1nnc(-c2c[nH]c3ccccc23)n1-c1ccccc1C. The molecule has 0 bridgehead atoms. The van der Waals surface area contributed by atoms with Crippen LogP contribution in [0.2, 0.25) is 0 Å². The number of aromatic nitrogens is 4. The van der Waals surface area contributed by atoms with E-state index in [0.717, 1.165) is 27.7 Å². The van der Waals surface area contributed by atoms with Gasteiger partial charge in [0.05, 0.1) is 18.0 Å². The van der Waals surface area contributed by atoms with E-state index in [1.165, 1.54) is 11.8 Å². The van der Waals surface area contributed by atoms with E-state index < -0.39 is 0 Å². The number of carbonyl (C=O) groups excluding carboxylic acids is 2. The Morgan fingerprint density at radius 3 is 2.60 bits per heavy atom. The van der Waals surface area contributed by atoms with Crippen molar-refractivity contribution >= 4 is 34.5 Å². The Labute approximate surface area is 209 Å². The molecular weight excluding hydrogens is 460 g/mol. The molecule has 8 nitrogen and oxygen atoms in total. The van der Waals surface area contributed by atoms with E-state index in [1.807, 2.05) is 80.9 Å². The third kappa shape index (κ3) is 5.40. The number of likely N-dealkylation sites (N-methyl/N-ethyl adjacent to an activating group) is 1. The molecule has 2 amide bonds. The summed E-state index contributed by atoms with van der Waals surface area (Å²) in [5.74, 6) is 0.574. The van der Waals surface area contributed by atoms with E-state index in [9.17, 15) is 9.59 Å². The van der Waals surface area contributed by atoms with Crippen molar-refractivity contribution < 1.29 is 9.59 Å². The molecule has 4 rings (SSSR count). The topological polar surface area (TPSA) is 95.9 Å². The number of carbonyl (C=O) groups is 2. The van der Waals surface area contributed by atoms with E-state index in [4.69, 9.17) is 0 Å². The van der Waals surface area contributed by atoms with Gasteiger partial charge in [0, 0.05) is 35.2 Å². The first-order chi connectivity index (χ1) is 16.9. The number of benzene rings is 2. The molecule has 0 radical (unpaired) electrons. The molecule has 0 aliphatic carbocycles. The molecule has 2 N–H and O–H groups in total. The minimum Gasteiger partial charge on any atom is -0.360 e. The van der Waals surface area contributed by atoms with E-state index >= 15 is 0 Å². The van der Waals surface area contributed by atoms with Crippen LogP contribution in [-0.4, -0.2) is 61.3 Å². The second kappa shape index (κ2) is 10.8. The van der Waals surface area contributed by atoms with Crippen LogP contribution in [0.5, 0.6) is 0 Å². The van der Waals surface area contributed by atoms with Crippen LogP contribution in [0.3, 0.4) is 0 Å². The van der Waals surface area contributed by atoms with Crippen LogP contribution in [-0.2, 0) is 9.59 Å². The molecule has 0 fully saturated rings. The first kappa shape index (κ1) is 24.5. The predicted octanol–water partition coefficient (Wildman–Crippen LogP) is 4.19. The van der Waals surface area contributed by atoms with Crippen molar-refractivity contribution in [3.8, 4) is 17.1 Å². The molecule has 35 heavy (non-hydrogen) atoms. The maximum absolute atomic E-state index is 13.0. The molecule has 0 saturated carbocycles. The number of aryl methyl sites for hydroxylation is 1. The molecule has 2 aromatic carbocycles. The minimum absolute atomic E-state index is 0.0290. The largest absolute Gasteiger partial charge is 0.360 e. The minimum atomic E-state index is -0.162. The van der Waals surface area contributed by atoms with Gasteiger partial charge in [-0.1, -0.05) is 48.2 Å². The summed E-state index contributed by atoms with van der Waals surface area (Å²) in [5.41, 5.74) is 3.98. The molecule has 9 heteroatoms. The summed E-state index contributed by atoms with van der Waals surface area (Å²) in [6.45, 7) is 8.20. The second-order valence-electron chi connectivity index (χ2n) is 8.59. The molecule has 0 aliphatic heterocycles. The Bertz CT molecular complexity index is 1340. The van der Waals surface area contributed by atoms with Gasteiger partial charge in [0.25, 0.3) is 0 Å². The average Bonchev–Trinajstić information content (AvgIpc) is 3.44. The summed E-state index contributed by atoms with van der Waals surface area (Å²) in [5, 5.41) is 13.5. The van der Waals surface area contributed by atoms with Gasteiger partial charge in [-0.15, -0.1) is 10.2 Å². The zero-order valence-corrected chi connectivity index (χ0v) is 21.2. The van der Waals surface area contributed by atoms with Crippen LogP contribution in [0.1, 0.15) is 26.3 Å². The second-order valence-corrected chi connectivity index (χ2v) is 9.54. The number of aromatic amines is 1. The van der Waals surface area contributed by atoms with E-state index in [1.54, 1.807) is 4.90 Å². The first-order valence-corrected chi connectivity index (χ1v) is 12.7. The quantitative estimate of drug-likeness (QED) is 0.343. The fourth-order valence-corrected chi connectivity index (χ4v) is 4.81. The van der Waals surface area contributed by atoms with E-state index in [0.29, 0.717) is 17.5 Å². The molecule has 0 spiro atoms. The van der Waals surface area contributed by atoms with Gasteiger partial charge in [-0.25, -0.2) is 0 Å². The Morgan fingerprint density at radius 2 is 1.86 bits per heavy atom. The number of amides is 2. The highest BCUT2D eigenvalue weighted by Crippen LogP contribution is 2.33. The molecule has 0 atom stereocenters. The van der Waals surface area contributed by atoms with Crippen molar-refractivity contribution in [2.75, 3.05) is 18.8 Å². The molecule has 2 aromatic heterocycles. The van der Waals surface area contributed by atoms with Crippen LogP contribution in [0, 0.1) is 6.92 Å². The Kier molecular flexibility index (Phi) is 7.55. The smallest absolute Gasteiger partial charge is 0.239 e. The molecule has 4 aromatic rings. The number of H-pyrrole nitrogens is 1. The van der Waals surface area contributed by atoms with Gasteiger partial charge in [0.1, 0.15) is 0 Å². The molecular formula is C26H30N6O2S. The number of thioether (sulfide) groups is 1. The van der Waals surface area contributed by atoms with Gasteiger partial charge in [-0.2, -0.15) is 0 Å². The van der Waals surface area contributed by atoms with Crippen molar-refractivity contribution in [3.63, 3.8) is 0 Å². The highest BCUT2D eigenvalue weighted by Gasteiger charge is 2.22. The van der Waals surface area contributed by atoms with Crippen molar-refractivity contribution in [1.82, 2.24) is 30.0 Å².